The minimum Gasteiger partial charge on any atom is -0.251 e. The van der Waals surface area contributed by atoms with E-state index in [1.54, 1.807) is 0 Å². The number of halogens is 1. The van der Waals surface area contributed by atoms with Crippen LogP contribution >= 0.6 is 0 Å². The Bertz CT molecular complexity index is 559. The third-order valence-electron chi connectivity index (χ3n) is 3.86. The zero-order chi connectivity index (χ0) is 14.8. The lowest BCUT2D eigenvalue weighted by molar-refractivity contribution is 0.479. The molecule has 0 aromatic heterocycles. The summed E-state index contributed by atoms with van der Waals surface area (Å²) in [7, 11) is -3.35. The number of nitrogens with one attached hydrogen (secondary N) is 1. The molecule has 3 nitrogen and oxygen atoms in total. The fraction of sp³-hybridized carbons (Fsp3) is 0.600. The fourth-order valence-corrected chi connectivity index (χ4v) is 4.07. The van der Waals surface area contributed by atoms with Gasteiger partial charge in [0.15, 0.2) is 0 Å². The third kappa shape index (κ3) is 4.03. The highest BCUT2D eigenvalue weighted by atomic mass is 32.2. The van der Waals surface area contributed by atoms with Gasteiger partial charge in [0.2, 0.25) is 10.0 Å². The van der Waals surface area contributed by atoms with Crippen LogP contribution in [-0.4, -0.2) is 26.9 Å². The average molecular weight is 299 g/mol. The molecule has 20 heavy (non-hydrogen) atoms. The van der Waals surface area contributed by atoms with E-state index < -0.39 is 16.7 Å². The van der Waals surface area contributed by atoms with Crippen LogP contribution in [0.5, 0.6) is 0 Å². The van der Waals surface area contributed by atoms with Gasteiger partial charge >= 0.3 is 0 Å². The second-order valence-corrected chi connectivity index (χ2v) is 7.56. The lowest BCUT2D eigenvalue weighted by Crippen LogP contribution is -2.36. The van der Waals surface area contributed by atoms with Gasteiger partial charge in [0.05, 0.1) is 12.4 Å². The summed E-state index contributed by atoms with van der Waals surface area (Å²) < 4.78 is 38.2. The summed E-state index contributed by atoms with van der Waals surface area (Å²) in [5.41, 5.74) is 2.51. The largest absolute Gasteiger partial charge is 0.251 e. The molecule has 2 rings (SSSR count). The van der Waals surface area contributed by atoms with Crippen molar-refractivity contribution in [1.82, 2.24) is 4.72 Å². The zero-order valence-electron chi connectivity index (χ0n) is 12.0. The van der Waals surface area contributed by atoms with Crippen molar-refractivity contribution in [3.63, 3.8) is 0 Å². The van der Waals surface area contributed by atoms with E-state index in [-0.39, 0.29) is 18.2 Å². The Morgan fingerprint density at radius 2 is 2.20 bits per heavy atom. The SMILES string of the molecule is Cc1cccc([C@@H]2C[C@H]2[C@H](C)NS(=O)(=O)CCCF)c1. The van der Waals surface area contributed by atoms with E-state index in [1.807, 2.05) is 13.0 Å². The Hall–Kier alpha value is -0.940. The molecule has 1 N–H and O–H groups in total. The Morgan fingerprint density at radius 3 is 2.85 bits per heavy atom. The normalized spacial score (nSPS) is 23.6. The molecule has 112 valence electrons. The van der Waals surface area contributed by atoms with Crippen LogP contribution in [0, 0.1) is 12.8 Å². The predicted molar refractivity (Wildman–Crippen MR) is 79.0 cm³/mol. The number of aryl methyl sites for hydroxylation is 1. The molecule has 0 saturated heterocycles. The molecular weight excluding hydrogens is 277 g/mol. The first kappa shape index (κ1) is 15.4. The molecule has 1 aliphatic rings. The average Bonchev–Trinajstić information content (AvgIpc) is 3.16. The molecule has 0 heterocycles. The first-order chi connectivity index (χ1) is 9.43. The zero-order valence-corrected chi connectivity index (χ0v) is 12.8. The van der Waals surface area contributed by atoms with Crippen LogP contribution in [0.15, 0.2) is 24.3 Å². The molecule has 0 spiro atoms. The van der Waals surface area contributed by atoms with Crippen LogP contribution in [0.3, 0.4) is 0 Å². The highest BCUT2D eigenvalue weighted by Crippen LogP contribution is 2.49. The van der Waals surface area contributed by atoms with Crippen molar-refractivity contribution in [1.29, 1.82) is 0 Å². The third-order valence-corrected chi connectivity index (χ3v) is 5.42. The van der Waals surface area contributed by atoms with Gasteiger partial charge in [0, 0.05) is 6.04 Å². The van der Waals surface area contributed by atoms with E-state index in [0.717, 1.165) is 6.42 Å². The number of hydrogen-bond donors (Lipinski definition) is 1. The van der Waals surface area contributed by atoms with Gasteiger partial charge in [0.1, 0.15) is 0 Å². The molecular formula is C15H22FNO2S. The van der Waals surface area contributed by atoms with Gasteiger partial charge in [-0.2, -0.15) is 0 Å². The Balaban J connectivity index is 1.91. The summed E-state index contributed by atoms with van der Waals surface area (Å²) >= 11 is 0. The standard InChI is InChI=1S/C15H22FNO2S/c1-11-5-3-6-13(9-11)15-10-14(15)12(2)17-20(18,19)8-4-7-16/h3,5-6,9,12,14-15,17H,4,7-8,10H2,1-2H3/t12-,14-,15-/m0/s1. The summed E-state index contributed by atoms with van der Waals surface area (Å²) in [5.74, 6) is 0.654. The van der Waals surface area contributed by atoms with Crippen molar-refractivity contribution in [3.8, 4) is 0 Å². The van der Waals surface area contributed by atoms with Crippen molar-refractivity contribution >= 4 is 10.0 Å². The van der Waals surface area contributed by atoms with Gasteiger partial charge in [-0.05, 0) is 44.1 Å². The molecule has 0 aliphatic heterocycles. The second kappa shape index (κ2) is 6.22. The maximum atomic E-state index is 12.1. The topological polar surface area (TPSA) is 46.2 Å². The minimum absolute atomic E-state index is 0.0635. The first-order valence-corrected chi connectivity index (χ1v) is 8.70. The first-order valence-electron chi connectivity index (χ1n) is 7.05. The van der Waals surface area contributed by atoms with E-state index in [2.05, 4.69) is 29.8 Å². The number of alkyl halides is 1. The number of benzene rings is 1. The maximum Gasteiger partial charge on any atom is 0.211 e. The number of hydrogen-bond acceptors (Lipinski definition) is 2. The molecule has 1 aromatic carbocycles. The second-order valence-electron chi connectivity index (χ2n) is 5.69. The summed E-state index contributed by atoms with van der Waals surface area (Å²) in [4.78, 5) is 0. The van der Waals surface area contributed by atoms with Crippen LogP contribution in [0.25, 0.3) is 0 Å². The molecule has 1 aromatic rings. The maximum absolute atomic E-state index is 12.1. The van der Waals surface area contributed by atoms with E-state index in [9.17, 15) is 12.8 Å². The minimum atomic E-state index is -3.35. The monoisotopic (exact) mass is 299 g/mol. The van der Waals surface area contributed by atoms with Crippen LogP contribution in [0.4, 0.5) is 4.39 Å². The lowest BCUT2D eigenvalue weighted by atomic mass is 10.0. The quantitative estimate of drug-likeness (QED) is 0.841. The van der Waals surface area contributed by atoms with Gasteiger partial charge in [-0.15, -0.1) is 0 Å². The van der Waals surface area contributed by atoms with Gasteiger partial charge in [0.25, 0.3) is 0 Å². The predicted octanol–water partition coefficient (Wildman–Crippen LogP) is 2.77. The molecule has 1 fully saturated rings. The highest BCUT2D eigenvalue weighted by molar-refractivity contribution is 7.89. The van der Waals surface area contributed by atoms with Crippen LogP contribution < -0.4 is 4.72 Å². The van der Waals surface area contributed by atoms with Crippen LogP contribution in [0.2, 0.25) is 0 Å². The summed E-state index contributed by atoms with van der Waals surface area (Å²) in [5, 5.41) is 0. The van der Waals surface area contributed by atoms with Gasteiger partial charge in [-0.25, -0.2) is 13.1 Å². The van der Waals surface area contributed by atoms with E-state index in [4.69, 9.17) is 0 Å². The van der Waals surface area contributed by atoms with Crippen molar-refractivity contribution in [3.05, 3.63) is 35.4 Å². The van der Waals surface area contributed by atoms with Gasteiger partial charge in [-0.3, -0.25) is 4.39 Å². The molecule has 0 unspecified atom stereocenters. The summed E-state index contributed by atoms with van der Waals surface area (Å²) in [6.45, 7) is 3.36. The van der Waals surface area contributed by atoms with Crippen LogP contribution in [-0.2, 0) is 10.0 Å². The lowest BCUT2D eigenvalue weighted by Gasteiger charge is -2.14. The molecule has 0 radical (unpaired) electrons. The van der Waals surface area contributed by atoms with Crippen molar-refractivity contribution < 1.29 is 12.8 Å². The molecule has 0 bridgehead atoms. The fourth-order valence-electron chi connectivity index (χ4n) is 2.73. The Morgan fingerprint density at radius 1 is 1.45 bits per heavy atom. The molecule has 5 heteroatoms. The molecule has 1 aliphatic carbocycles. The van der Waals surface area contributed by atoms with E-state index in [1.165, 1.54) is 11.1 Å². The van der Waals surface area contributed by atoms with E-state index in [0.29, 0.717) is 11.8 Å². The highest BCUT2D eigenvalue weighted by Gasteiger charge is 2.43. The molecule has 0 amide bonds. The van der Waals surface area contributed by atoms with Crippen LogP contribution in [0.1, 0.15) is 36.8 Å². The van der Waals surface area contributed by atoms with E-state index >= 15 is 0 Å². The Labute approximate surface area is 120 Å². The molecule has 3 atom stereocenters. The Kier molecular flexibility index (Phi) is 4.81. The number of sulfonamides is 1. The summed E-state index contributed by atoms with van der Waals surface area (Å²) in [6.07, 6.45) is 1.07. The molecule has 1 saturated carbocycles. The van der Waals surface area contributed by atoms with Crippen molar-refractivity contribution in [2.24, 2.45) is 5.92 Å². The van der Waals surface area contributed by atoms with Crippen molar-refractivity contribution in [2.75, 3.05) is 12.4 Å². The smallest absolute Gasteiger partial charge is 0.211 e. The van der Waals surface area contributed by atoms with Gasteiger partial charge < -0.3 is 0 Å². The van der Waals surface area contributed by atoms with Crippen molar-refractivity contribution in [2.45, 2.75) is 38.6 Å². The number of rotatable bonds is 7. The summed E-state index contributed by atoms with van der Waals surface area (Å²) in [6, 6.07) is 8.27. The van der Waals surface area contributed by atoms with Gasteiger partial charge in [-0.1, -0.05) is 29.8 Å².